The second kappa shape index (κ2) is 8.43. The topological polar surface area (TPSA) is 92.8 Å². The third-order valence-corrected chi connectivity index (χ3v) is 5.60. The van der Waals surface area contributed by atoms with Crippen molar-refractivity contribution in [3.8, 4) is 0 Å². The normalized spacial score (nSPS) is 12.2. The van der Waals surface area contributed by atoms with Crippen molar-refractivity contribution in [2.24, 2.45) is 0 Å². The van der Waals surface area contributed by atoms with E-state index in [-0.39, 0.29) is 16.4 Å². The van der Waals surface area contributed by atoms with Crippen LogP contribution in [0, 0.1) is 13.8 Å². The van der Waals surface area contributed by atoms with Gasteiger partial charge < -0.3 is 9.64 Å². The molecule has 8 heteroatoms. The maximum Gasteiger partial charge on any atom is 0.338 e. The predicted molar refractivity (Wildman–Crippen MR) is 107 cm³/mol. The molecule has 0 aliphatic carbocycles. The molecule has 0 aliphatic heterocycles. The number of aryl methyl sites for hydroxylation is 2. The number of nitrogens with one attached hydrogen (secondary N) is 1. The summed E-state index contributed by atoms with van der Waals surface area (Å²) < 4.78 is 32.9. The molecule has 2 aromatic rings. The molecule has 28 heavy (non-hydrogen) atoms. The van der Waals surface area contributed by atoms with Gasteiger partial charge in [0.15, 0.2) is 6.10 Å². The lowest BCUT2D eigenvalue weighted by Crippen LogP contribution is -2.34. The predicted octanol–water partition coefficient (Wildman–Crippen LogP) is 2.74. The van der Waals surface area contributed by atoms with Gasteiger partial charge in [0, 0.05) is 19.8 Å². The number of rotatable bonds is 6. The van der Waals surface area contributed by atoms with Crippen LogP contribution in [0.25, 0.3) is 0 Å². The summed E-state index contributed by atoms with van der Waals surface area (Å²) in [6.45, 7) is 5.04. The smallest absolute Gasteiger partial charge is 0.338 e. The van der Waals surface area contributed by atoms with Crippen LogP contribution in [0.2, 0.25) is 0 Å². The lowest BCUT2D eigenvalue weighted by atomic mass is 10.2. The number of ether oxygens (including phenoxy) is 1. The number of sulfonamides is 1. The standard InChI is InChI=1S/C20H24N2O5S/c1-13-6-7-14(2)18(12-13)28(25,26)21-17-10-8-16(9-11-17)20(24)27-15(3)19(23)22(4)5/h6-12,15,21H,1-5H3/t15-/m1/s1. The fraction of sp³-hybridized carbons (Fsp3) is 0.300. The summed E-state index contributed by atoms with van der Waals surface area (Å²) in [5, 5.41) is 0. The van der Waals surface area contributed by atoms with Crippen LogP contribution in [0.1, 0.15) is 28.4 Å². The van der Waals surface area contributed by atoms with Gasteiger partial charge in [-0.1, -0.05) is 12.1 Å². The molecule has 0 saturated heterocycles. The van der Waals surface area contributed by atoms with Gasteiger partial charge in [-0.3, -0.25) is 9.52 Å². The highest BCUT2D eigenvalue weighted by atomic mass is 32.2. The quantitative estimate of drug-likeness (QED) is 0.748. The third-order valence-electron chi connectivity index (χ3n) is 4.08. The maximum atomic E-state index is 12.6. The van der Waals surface area contributed by atoms with E-state index in [9.17, 15) is 18.0 Å². The van der Waals surface area contributed by atoms with Gasteiger partial charge >= 0.3 is 5.97 Å². The number of carbonyl (C=O) groups is 2. The van der Waals surface area contributed by atoms with Gasteiger partial charge in [0.25, 0.3) is 15.9 Å². The summed E-state index contributed by atoms with van der Waals surface area (Å²) in [5.74, 6) is -0.988. The fourth-order valence-electron chi connectivity index (χ4n) is 2.52. The van der Waals surface area contributed by atoms with Gasteiger partial charge in [-0.25, -0.2) is 13.2 Å². The van der Waals surface area contributed by atoms with Gasteiger partial charge in [0.1, 0.15) is 0 Å². The summed E-state index contributed by atoms with van der Waals surface area (Å²) in [7, 11) is -0.610. The van der Waals surface area contributed by atoms with E-state index >= 15 is 0 Å². The molecule has 0 heterocycles. The highest BCUT2D eigenvalue weighted by molar-refractivity contribution is 7.92. The van der Waals surface area contributed by atoms with Gasteiger partial charge in [-0.05, 0) is 62.2 Å². The van der Waals surface area contributed by atoms with Crippen molar-refractivity contribution in [2.75, 3.05) is 18.8 Å². The van der Waals surface area contributed by atoms with E-state index in [1.165, 1.54) is 36.1 Å². The first kappa shape index (κ1) is 21.4. The molecule has 0 saturated carbocycles. The summed E-state index contributed by atoms with van der Waals surface area (Å²) in [5.41, 5.74) is 2.01. The number of anilines is 1. The number of amides is 1. The zero-order valence-electron chi connectivity index (χ0n) is 16.5. The van der Waals surface area contributed by atoms with E-state index in [0.29, 0.717) is 11.3 Å². The van der Waals surface area contributed by atoms with Gasteiger partial charge in [-0.2, -0.15) is 0 Å². The minimum Gasteiger partial charge on any atom is -0.449 e. The monoisotopic (exact) mass is 404 g/mol. The van der Waals surface area contributed by atoms with Crippen LogP contribution in [0.15, 0.2) is 47.4 Å². The van der Waals surface area contributed by atoms with Gasteiger partial charge in [-0.15, -0.1) is 0 Å². The Bertz CT molecular complexity index is 982. The van der Waals surface area contributed by atoms with Crippen LogP contribution in [0.3, 0.4) is 0 Å². The molecule has 0 spiro atoms. The van der Waals surface area contributed by atoms with Crippen LogP contribution in [-0.4, -0.2) is 45.4 Å². The van der Waals surface area contributed by atoms with Crippen molar-refractivity contribution in [3.05, 3.63) is 59.2 Å². The van der Waals surface area contributed by atoms with E-state index in [2.05, 4.69) is 4.72 Å². The van der Waals surface area contributed by atoms with E-state index in [1.54, 1.807) is 33.2 Å². The molecule has 2 aromatic carbocycles. The Morgan fingerprint density at radius 1 is 1.04 bits per heavy atom. The Balaban J connectivity index is 2.13. The zero-order chi connectivity index (χ0) is 21.1. The molecular formula is C20H24N2O5S. The molecule has 0 aromatic heterocycles. The Hall–Kier alpha value is -2.87. The van der Waals surface area contributed by atoms with Crippen LogP contribution in [0.5, 0.6) is 0 Å². The zero-order valence-corrected chi connectivity index (χ0v) is 17.3. The van der Waals surface area contributed by atoms with Crippen molar-refractivity contribution < 1.29 is 22.7 Å². The Kier molecular flexibility index (Phi) is 6.45. The molecule has 0 aliphatic rings. The second-order valence-electron chi connectivity index (χ2n) is 6.73. The Morgan fingerprint density at radius 3 is 2.21 bits per heavy atom. The number of hydrogen-bond donors (Lipinski definition) is 1. The molecule has 1 amide bonds. The molecule has 0 bridgehead atoms. The molecule has 1 atom stereocenters. The molecule has 0 fully saturated rings. The van der Waals surface area contributed by atoms with E-state index < -0.39 is 22.1 Å². The van der Waals surface area contributed by atoms with Crippen molar-refractivity contribution in [2.45, 2.75) is 31.8 Å². The number of carbonyl (C=O) groups excluding carboxylic acids is 2. The average Bonchev–Trinajstić information content (AvgIpc) is 2.63. The molecule has 0 radical (unpaired) electrons. The largest absolute Gasteiger partial charge is 0.449 e. The van der Waals surface area contributed by atoms with Crippen molar-refractivity contribution in [1.29, 1.82) is 0 Å². The first-order valence-corrected chi connectivity index (χ1v) is 10.1. The van der Waals surface area contributed by atoms with E-state index in [1.807, 2.05) is 13.0 Å². The SMILES string of the molecule is Cc1ccc(C)c(S(=O)(=O)Nc2ccc(C(=O)O[C@H](C)C(=O)N(C)C)cc2)c1. The summed E-state index contributed by atoms with van der Waals surface area (Å²) in [4.78, 5) is 25.5. The molecule has 7 nitrogen and oxygen atoms in total. The molecule has 0 unspecified atom stereocenters. The second-order valence-corrected chi connectivity index (χ2v) is 8.38. The van der Waals surface area contributed by atoms with E-state index in [4.69, 9.17) is 4.74 Å². The van der Waals surface area contributed by atoms with Crippen LogP contribution >= 0.6 is 0 Å². The van der Waals surface area contributed by atoms with Crippen molar-refractivity contribution in [1.82, 2.24) is 4.90 Å². The lowest BCUT2D eigenvalue weighted by Gasteiger charge is -2.17. The first-order valence-electron chi connectivity index (χ1n) is 8.63. The Labute approximate surface area is 165 Å². The summed E-state index contributed by atoms with van der Waals surface area (Å²) in [6.07, 6.45) is -0.912. The number of nitrogens with zero attached hydrogens (tertiary/aromatic N) is 1. The molecule has 2 rings (SSSR count). The fourth-order valence-corrected chi connectivity index (χ4v) is 3.91. The Morgan fingerprint density at radius 2 is 1.64 bits per heavy atom. The van der Waals surface area contributed by atoms with Crippen molar-refractivity contribution in [3.63, 3.8) is 0 Å². The number of benzene rings is 2. The van der Waals surface area contributed by atoms with Gasteiger partial charge in [0.2, 0.25) is 0 Å². The van der Waals surface area contributed by atoms with Crippen LogP contribution < -0.4 is 4.72 Å². The number of esters is 1. The highest BCUT2D eigenvalue weighted by Crippen LogP contribution is 2.21. The first-order chi connectivity index (χ1) is 13.0. The minimum atomic E-state index is -3.76. The molecular weight excluding hydrogens is 380 g/mol. The van der Waals surface area contributed by atoms with Crippen LogP contribution in [0.4, 0.5) is 5.69 Å². The minimum absolute atomic E-state index is 0.201. The van der Waals surface area contributed by atoms with Crippen molar-refractivity contribution >= 4 is 27.6 Å². The molecule has 1 N–H and O–H groups in total. The van der Waals surface area contributed by atoms with Gasteiger partial charge in [0.05, 0.1) is 10.5 Å². The van der Waals surface area contributed by atoms with E-state index in [0.717, 1.165) is 5.56 Å². The highest BCUT2D eigenvalue weighted by Gasteiger charge is 2.21. The number of likely N-dealkylation sites (N-methyl/N-ethyl adjacent to an activating group) is 1. The number of hydrogen-bond acceptors (Lipinski definition) is 5. The summed E-state index contributed by atoms with van der Waals surface area (Å²) in [6, 6.07) is 11.0. The maximum absolute atomic E-state index is 12.6. The molecule has 150 valence electrons. The lowest BCUT2D eigenvalue weighted by molar-refractivity contribution is -0.137. The third kappa shape index (κ3) is 5.10. The average molecular weight is 404 g/mol. The summed E-state index contributed by atoms with van der Waals surface area (Å²) >= 11 is 0. The van der Waals surface area contributed by atoms with Crippen LogP contribution in [-0.2, 0) is 19.6 Å².